The van der Waals surface area contributed by atoms with Gasteiger partial charge in [-0.3, -0.25) is 0 Å². The van der Waals surface area contributed by atoms with Crippen LogP contribution in [0.1, 0.15) is 12.5 Å². The Kier molecular flexibility index (Phi) is 4.91. The molecule has 1 rings (SSSR count). The van der Waals surface area contributed by atoms with Crippen LogP contribution in [0.2, 0.25) is 0 Å². The van der Waals surface area contributed by atoms with Crippen LogP contribution in [0.25, 0.3) is 0 Å². The lowest BCUT2D eigenvalue weighted by atomic mass is 10.2. The Morgan fingerprint density at radius 2 is 1.93 bits per heavy atom. The molecule has 0 saturated heterocycles. The maximum Gasteiger partial charge on any atom is 0.167 e. The standard InChI is InChI=1S/C11H15BrO3/c1-4-15-7-8-9(12)5-6-10(13-2)11(8)14-3/h5-6H,4,7H2,1-3H3. The average Bonchev–Trinajstić information content (AvgIpc) is 2.27. The molecule has 1 aromatic rings. The summed E-state index contributed by atoms with van der Waals surface area (Å²) in [5, 5.41) is 0. The quantitative estimate of drug-likeness (QED) is 0.826. The second-order valence-electron chi connectivity index (χ2n) is 2.90. The molecule has 3 nitrogen and oxygen atoms in total. The summed E-state index contributed by atoms with van der Waals surface area (Å²) in [6.07, 6.45) is 0. The van der Waals surface area contributed by atoms with Gasteiger partial charge >= 0.3 is 0 Å². The Hall–Kier alpha value is -0.740. The van der Waals surface area contributed by atoms with Gasteiger partial charge in [-0.1, -0.05) is 15.9 Å². The molecule has 0 aliphatic rings. The Morgan fingerprint density at radius 3 is 2.47 bits per heavy atom. The van der Waals surface area contributed by atoms with Crippen molar-refractivity contribution in [2.45, 2.75) is 13.5 Å². The minimum Gasteiger partial charge on any atom is -0.493 e. The first-order valence-electron chi connectivity index (χ1n) is 4.71. The fraction of sp³-hybridized carbons (Fsp3) is 0.455. The molecule has 1 aromatic carbocycles. The predicted molar refractivity (Wildman–Crippen MR) is 62.6 cm³/mol. The van der Waals surface area contributed by atoms with Crippen molar-refractivity contribution in [2.75, 3.05) is 20.8 Å². The van der Waals surface area contributed by atoms with E-state index in [2.05, 4.69) is 15.9 Å². The van der Waals surface area contributed by atoms with Crippen molar-refractivity contribution in [1.29, 1.82) is 0 Å². The third-order valence-corrected chi connectivity index (χ3v) is 2.78. The highest BCUT2D eigenvalue weighted by atomic mass is 79.9. The van der Waals surface area contributed by atoms with E-state index in [0.717, 1.165) is 21.5 Å². The molecule has 0 aliphatic carbocycles. The number of methoxy groups -OCH3 is 2. The van der Waals surface area contributed by atoms with E-state index in [4.69, 9.17) is 14.2 Å². The first-order chi connectivity index (χ1) is 7.24. The summed E-state index contributed by atoms with van der Waals surface area (Å²) in [5.74, 6) is 1.44. The first-order valence-corrected chi connectivity index (χ1v) is 5.51. The lowest BCUT2D eigenvalue weighted by Gasteiger charge is -2.14. The second-order valence-corrected chi connectivity index (χ2v) is 3.75. The zero-order valence-electron chi connectivity index (χ0n) is 9.17. The maximum absolute atomic E-state index is 5.38. The molecule has 4 heteroatoms. The van der Waals surface area contributed by atoms with Crippen LogP contribution in [0.15, 0.2) is 16.6 Å². The third-order valence-electron chi connectivity index (χ3n) is 2.04. The summed E-state index contributed by atoms with van der Waals surface area (Å²) in [7, 11) is 3.25. The van der Waals surface area contributed by atoms with Gasteiger partial charge < -0.3 is 14.2 Å². The van der Waals surface area contributed by atoms with Gasteiger partial charge in [0.2, 0.25) is 0 Å². The molecule has 0 aliphatic heterocycles. The molecule has 0 fully saturated rings. The number of hydrogen-bond acceptors (Lipinski definition) is 3. The van der Waals surface area contributed by atoms with Gasteiger partial charge in [-0.2, -0.15) is 0 Å². The van der Waals surface area contributed by atoms with Crippen molar-refractivity contribution in [3.8, 4) is 11.5 Å². The zero-order chi connectivity index (χ0) is 11.3. The Morgan fingerprint density at radius 1 is 1.20 bits per heavy atom. The zero-order valence-corrected chi connectivity index (χ0v) is 10.8. The molecule has 0 saturated carbocycles. The van der Waals surface area contributed by atoms with Crippen molar-refractivity contribution in [3.05, 3.63) is 22.2 Å². The predicted octanol–water partition coefficient (Wildman–Crippen LogP) is 3.00. The third kappa shape index (κ3) is 2.86. The largest absolute Gasteiger partial charge is 0.493 e. The van der Waals surface area contributed by atoms with E-state index in [1.807, 2.05) is 19.1 Å². The molecule has 0 spiro atoms. The highest BCUT2D eigenvalue weighted by Crippen LogP contribution is 2.36. The Labute approximate surface area is 98.5 Å². The van der Waals surface area contributed by atoms with Gasteiger partial charge in [0.05, 0.1) is 20.8 Å². The van der Waals surface area contributed by atoms with E-state index in [1.54, 1.807) is 14.2 Å². The van der Waals surface area contributed by atoms with Crippen LogP contribution in [0.4, 0.5) is 0 Å². The smallest absolute Gasteiger partial charge is 0.167 e. The van der Waals surface area contributed by atoms with Gasteiger partial charge in [0.1, 0.15) is 0 Å². The topological polar surface area (TPSA) is 27.7 Å². The number of ether oxygens (including phenoxy) is 3. The van der Waals surface area contributed by atoms with Gasteiger partial charge in [0.25, 0.3) is 0 Å². The molecule has 0 heterocycles. The van der Waals surface area contributed by atoms with Crippen LogP contribution in [-0.4, -0.2) is 20.8 Å². The first kappa shape index (κ1) is 12.3. The van der Waals surface area contributed by atoms with Crippen molar-refractivity contribution >= 4 is 15.9 Å². The SMILES string of the molecule is CCOCc1c(Br)ccc(OC)c1OC. The maximum atomic E-state index is 5.38. The Balaban J connectivity index is 3.07. The average molecular weight is 275 g/mol. The molecule has 0 aromatic heterocycles. The molecule has 0 atom stereocenters. The summed E-state index contributed by atoms with van der Waals surface area (Å²) in [6.45, 7) is 3.14. The van der Waals surface area contributed by atoms with Gasteiger partial charge in [0, 0.05) is 16.6 Å². The van der Waals surface area contributed by atoms with Crippen molar-refractivity contribution in [1.82, 2.24) is 0 Å². The highest BCUT2D eigenvalue weighted by Gasteiger charge is 2.13. The summed E-state index contributed by atoms with van der Waals surface area (Å²) >= 11 is 3.47. The van der Waals surface area contributed by atoms with Crippen LogP contribution in [0.3, 0.4) is 0 Å². The van der Waals surface area contributed by atoms with E-state index >= 15 is 0 Å². The van der Waals surface area contributed by atoms with Crippen molar-refractivity contribution in [3.63, 3.8) is 0 Å². The summed E-state index contributed by atoms with van der Waals surface area (Å²) in [5.41, 5.74) is 0.971. The molecule has 15 heavy (non-hydrogen) atoms. The van der Waals surface area contributed by atoms with Crippen molar-refractivity contribution in [2.24, 2.45) is 0 Å². The fourth-order valence-electron chi connectivity index (χ4n) is 1.31. The Bertz CT molecular complexity index is 326. The van der Waals surface area contributed by atoms with Gasteiger partial charge in [-0.25, -0.2) is 0 Å². The lowest BCUT2D eigenvalue weighted by Crippen LogP contribution is -1.99. The molecule has 0 bridgehead atoms. The van der Waals surface area contributed by atoms with Crippen LogP contribution in [-0.2, 0) is 11.3 Å². The van der Waals surface area contributed by atoms with Crippen LogP contribution in [0, 0.1) is 0 Å². The molecule has 0 unspecified atom stereocenters. The van der Waals surface area contributed by atoms with E-state index < -0.39 is 0 Å². The van der Waals surface area contributed by atoms with Gasteiger partial charge in [-0.05, 0) is 19.1 Å². The normalized spacial score (nSPS) is 10.1. The van der Waals surface area contributed by atoms with Crippen molar-refractivity contribution < 1.29 is 14.2 Å². The van der Waals surface area contributed by atoms with Crippen LogP contribution < -0.4 is 9.47 Å². The monoisotopic (exact) mass is 274 g/mol. The van der Waals surface area contributed by atoms with Crippen LogP contribution in [0.5, 0.6) is 11.5 Å². The van der Waals surface area contributed by atoms with E-state index in [-0.39, 0.29) is 0 Å². The number of hydrogen-bond donors (Lipinski definition) is 0. The molecule has 0 amide bonds. The molecular formula is C11H15BrO3. The number of benzene rings is 1. The number of halogens is 1. The lowest BCUT2D eigenvalue weighted by molar-refractivity contribution is 0.131. The van der Waals surface area contributed by atoms with Crippen LogP contribution >= 0.6 is 15.9 Å². The summed E-state index contributed by atoms with van der Waals surface area (Å²) in [4.78, 5) is 0. The summed E-state index contributed by atoms with van der Waals surface area (Å²) < 4.78 is 16.9. The fourth-order valence-corrected chi connectivity index (χ4v) is 1.73. The molecule has 84 valence electrons. The minimum atomic E-state index is 0.511. The van der Waals surface area contributed by atoms with Gasteiger partial charge in [0.15, 0.2) is 11.5 Å². The van der Waals surface area contributed by atoms with Gasteiger partial charge in [-0.15, -0.1) is 0 Å². The molecular weight excluding hydrogens is 260 g/mol. The minimum absolute atomic E-state index is 0.511. The highest BCUT2D eigenvalue weighted by molar-refractivity contribution is 9.10. The molecule has 0 N–H and O–H groups in total. The second kappa shape index (κ2) is 5.98. The van der Waals surface area contributed by atoms with E-state index in [1.165, 1.54) is 0 Å². The van der Waals surface area contributed by atoms with E-state index in [9.17, 15) is 0 Å². The molecule has 0 radical (unpaired) electrons. The van der Waals surface area contributed by atoms with E-state index in [0.29, 0.717) is 13.2 Å². The number of rotatable bonds is 5. The summed E-state index contributed by atoms with van der Waals surface area (Å²) in [6, 6.07) is 3.79.